The van der Waals surface area contributed by atoms with Crippen LogP contribution in [0.3, 0.4) is 0 Å². The van der Waals surface area contributed by atoms with E-state index in [1.165, 1.54) is 0 Å². The molecule has 0 aliphatic carbocycles. The van der Waals surface area contributed by atoms with Crippen LogP contribution in [0.15, 0.2) is 53.3 Å². The van der Waals surface area contributed by atoms with Crippen molar-refractivity contribution in [2.45, 2.75) is 13.0 Å². The van der Waals surface area contributed by atoms with Crippen molar-refractivity contribution in [2.24, 2.45) is 0 Å². The minimum Gasteiger partial charge on any atom is -0.310 e. The molecule has 0 atom stereocenters. The van der Waals surface area contributed by atoms with Gasteiger partial charge in [0.05, 0.1) is 5.39 Å². The molecule has 0 N–H and O–H groups in total. The first-order valence-corrected chi connectivity index (χ1v) is 7.45. The third-order valence-electron chi connectivity index (χ3n) is 4.10. The molecule has 2 heterocycles. The lowest BCUT2D eigenvalue weighted by Crippen LogP contribution is -2.36. The number of anilines is 1. The summed E-state index contributed by atoms with van der Waals surface area (Å²) in [7, 11) is 0. The fraction of sp³-hybridized carbons (Fsp3) is 0.176. The molecular formula is C17H14N4O2. The molecule has 3 aromatic rings. The van der Waals surface area contributed by atoms with Gasteiger partial charge in [0.1, 0.15) is 12.1 Å². The SMILES string of the molecule is O=C(Cn1nnc2ccccc2c1=O)N1CCc2ccccc21. The van der Waals surface area contributed by atoms with E-state index in [0.717, 1.165) is 22.4 Å². The average molecular weight is 306 g/mol. The second-order valence-corrected chi connectivity index (χ2v) is 5.49. The van der Waals surface area contributed by atoms with Crippen molar-refractivity contribution in [2.75, 3.05) is 11.4 Å². The molecule has 2 aromatic carbocycles. The van der Waals surface area contributed by atoms with Crippen LogP contribution in [-0.4, -0.2) is 27.4 Å². The highest BCUT2D eigenvalue weighted by Crippen LogP contribution is 2.27. The predicted molar refractivity (Wildman–Crippen MR) is 86.3 cm³/mol. The molecule has 1 aromatic heterocycles. The van der Waals surface area contributed by atoms with Crippen LogP contribution in [-0.2, 0) is 17.8 Å². The summed E-state index contributed by atoms with van der Waals surface area (Å²) in [5.41, 5.74) is 2.31. The van der Waals surface area contributed by atoms with Crippen molar-refractivity contribution in [1.29, 1.82) is 0 Å². The van der Waals surface area contributed by atoms with Gasteiger partial charge >= 0.3 is 0 Å². The number of amides is 1. The third-order valence-corrected chi connectivity index (χ3v) is 4.10. The molecule has 0 bridgehead atoms. The van der Waals surface area contributed by atoms with Crippen molar-refractivity contribution in [3.05, 3.63) is 64.4 Å². The van der Waals surface area contributed by atoms with Gasteiger partial charge in [0, 0.05) is 12.2 Å². The first-order chi connectivity index (χ1) is 11.2. The average Bonchev–Trinajstić information content (AvgIpc) is 3.02. The predicted octanol–water partition coefficient (Wildman–Crippen LogP) is 1.38. The summed E-state index contributed by atoms with van der Waals surface area (Å²) in [5.74, 6) is -0.151. The lowest BCUT2D eigenvalue weighted by Gasteiger charge is -2.17. The van der Waals surface area contributed by atoms with Gasteiger partial charge < -0.3 is 4.90 Å². The van der Waals surface area contributed by atoms with Crippen LogP contribution in [0.5, 0.6) is 0 Å². The number of benzene rings is 2. The Morgan fingerprint density at radius 3 is 2.78 bits per heavy atom. The third kappa shape index (κ3) is 2.28. The summed E-state index contributed by atoms with van der Waals surface area (Å²) in [4.78, 5) is 26.7. The molecule has 114 valence electrons. The Morgan fingerprint density at radius 1 is 1.09 bits per heavy atom. The van der Waals surface area contributed by atoms with Gasteiger partial charge in [0.25, 0.3) is 5.56 Å². The monoisotopic (exact) mass is 306 g/mol. The Labute approximate surface area is 132 Å². The van der Waals surface area contributed by atoms with E-state index in [4.69, 9.17) is 0 Å². The quantitative estimate of drug-likeness (QED) is 0.717. The van der Waals surface area contributed by atoms with Crippen molar-refractivity contribution < 1.29 is 4.79 Å². The number of carbonyl (C=O) groups excluding carboxylic acids is 1. The van der Waals surface area contributed by atoms with Crippen LogP contribution in [0.25, 0.3) is 10.9 Å². The van der Waals surface area contributed by atoms with Crippen LogP contribution < -0.4 is 10.5 Å². The van der Waals surface area contributed by atoms with E-state index < -0.39 is 0 Å². The fourth-order valence-electron chi connectivity index (χ4n) is 2.94. The molecule has 6 nitrogen and oxygen atoms in total. The minimum atomic E-state index is -0.295. The number of hydrogen-bond donors (Lipinski definition) is 0. The molecule has 1 aliphatic heterocycles. The van der Waals surface area contributed by atoms with Crippen molar-refractivity contribution in [3.63, 3.8) is 0 Å². The Balaban J connectivity index is 1.65. The second kappa shape index (κ2) is 5.31. The first kappa shape index (κ1) is 13.6. The maximum absolute atomic E-state index is 12.6. The van der Waals surface area contributed by atoms with E-state index in [1.807, 2.05) is 24.3 Å². The summed E-state index contributed by atoms with van der Waals surface area (Å²) in [5, 5.41) is 8.36. The normalized spacial score (nSPS) is 13.3. The summed E-state index contributed by atoms with van der Waals surface area (Å²) >= 11 is 0. The molecular weight excluding hydrogens is 292 g/mol. The van der Waals surface area contributed by atoms with Crippen LogP contribution in [0, 0.1) is 0 Å². The fourth-order valence-corrected chi connectivity index (χ4v) is 2.94. The highest BCUT2D eigenvalue weighted by atomic mass is 16.2. The van der Waals surface area contributed by atoms with E-state index >= 15 is 0 Å². The summed E-state index contributed by atoms with van der Waals surface area (Å²) in [6, 6.07) is 14.8. The lowest BCUT2D eigenvalue weighted by molar-refractivity contribution is -0.119. The van der Waals surface area contributed by atoms with Gasteiger partial charge in [-0.15, -0.1) is 5.10 Å². The van der Waals surface area contributed by atoms with Crippen LogP contribution in [0.1, 0.15) is 5.56 Å². The van der Waals surface area contributed by atoms with Crippen molar-refractivity contribution >= 4 is 22.5 Å². The van der Waals surface area contributed by atoms with Crippen LogP contribution >= 0.6 is 0 Å². The Morgan fingerprint density at radius 2 is 1.87 bits per heavy atom. The zero-order valence-corrected chi connectivity index (χ0v) is 12.3. The summed E-state index contributed by atoms with van der Waals surface area (Å²) in [6.07, 6.45) is 0.834. The van der Waals surface area contributed by atoms with Crippen LogP contribution in [0.4, 0.5) is 5.69 Å². The number of nitrogens with zero attached hydrogens (tertiary/aromatic N) is 4. The van der Waals surface area contributed by atoms with E-state index in [-0.39, 0.29) is 18.0 Å². The highest BCUT2D eigenvalue weighted by Gasteiger charge is 2.24. The Kier molecular flexibility index (Phi) is 3.15. The molecule has 0 saturated heterocycles. The summed E-state index contributed by atoms with van der Waals surface area (Å²) in [6.45, 7) is 0.527. The first-order valence-electron chi connectivity index (χ1n) is 7.45. The molecule has 6 heteroatoms. The van der Waals surface area contributed by atoms with E-state index in [2.05, 4.69) is 10.3 Å². The second-order valence-electron chi connectivity index (χ2n) is 5.49. The molecule has 0 saturated carbocycles. The Bertz CT molecular complexity index is 964. The smallest absolute Gasteiger partial charge is 0.278 e. The summed E-state index contributed by atoms with van der Waals surface area (Å²) < 4.78 is 1.13. The van der Waals surface area contributed by atoms with E-state index in [1.54, 1.807) is 29.2 Å². The number of aromatic nitrogens is 3. The number of para-hydroxylation sites is 1. The van der Waals surface area contributed by atoms with Crippen molar-refractivity contribution in [1.82, 2.24) is 15.0 Å². The zero-order valence-electron chi connectivity index (χ0n) is 12.3. The molecule has 0 radical (unpaired) electrons. The number of carbonyl (C=O) groups is 1. The van der Waals surface area contributed by atoms with Crippen molar-refractivity contribution in [3.8, 4) is 0 Å². The molecule has 0 fully saturated rings. The molecule has 1 amide bonds. The standard InChI is InChI=1S/C17H14N4O2/c22-16(20-10-9-12-5-1-4-8-15(12)20)11-21-17(23)13-6-2-3-7-14(13)18-19-21/h1-8H,9-11H2. The van der Waals surface area contributed by atoms with Gasteiger partial charge in [0.2, 0.25) is 5.91 Å². The van der Waals surface area contributed by atoms with E-state index in [0.29, 0.717) is 17.4 Å². The topological polar surface area (TPSA) is 68.1 Å². The Hall–Kier alpha value is -3.02. The number of fused-ring (bicyclic) bond motifs is 2. The minimum absolute atomic E-state index is 0.106. The molecule has 23 heavy (non-hydrogen) atoms. The van der Waals surface area contributed by atoms with Gasteiger partial charge in [-0.05, 0) is 30.2 Å². The van der Waals surface area contributed by atoms with Gasteiger partial charge in [-0.3, -0.25) is 9.59 Å². The zero-order chi connectivity index (χ0) is 15.8. The van der Waals surface area contributed by atoms with Gasteiger partial charge in [0.15, 0.2) is 0 Å². The number of rotatable bonds is 2. The van der Waals surface area contributed by atoms with Gasteiger partial charge in [-0.25, -0.2) is 4.68 Å². The van der Waals surface area contributed by atoms with E-state index in [9.17, 15) is 9.59 Å². The maximum Gasteiger partial charge on any atom is 0.278 e. The largest absolute Gasteiger partial charge is 0.310 e. The molecule has 4 rings (SSSR count). The lowest BCUT2D eigenvalue weighted by atomic mass is 10.2. The van der Waals surface area contributed by atoms with Gasteiger partial charge in [-0.1, -0.05) is 35.5 Å². The highest BCUT2D eigenvalue weighted by molar-refractivity contribution is 5.95. The maximum atomic E-state index is 12.6. The van der Waals surface area contributed by atoms with Crippen LogP contribution in [0.2, 0.25) is 0 Å². The molecule has 1 aliphatic rings. The molecule has 0 spiro atoms. The molecule has 0 unspecified atom stereocenters. The van der Waals surface area contributed by atoms with Gasteiger partial charge in [-0.2, -0.15) is 0 Å². The number of hydrogen-bond acceptors (Lipinski definition) is 4.